The molecule has 13 heteroatoms. The Balaban J connectivity index is 1.35. The number of rotatable bonds is 19. The molecular weight excluding hydrogens is 706 g/mol. The maximum absolute atomic E-state index is 14.9. The van der Waals surface area contributed by atoms with E-state index in [1.54, 1.807) is 12.1 Å². The van der Waals surface area contributed by atoms with E-state index in [1.165, 1.54) is 12.0 Å². The number of nitrogens with one attached hydrogen (secondary N) is 2. The summed E-state index contributed by atoms with van der Waals surface area (Å²) in [4.78, 5) is 49.1. The summed E-state index contributed by atoms with van der Waals surface area (Å²) < 4.78 is 20.0. The number of allylic oxidation sites excluding steroid dienone is 1. The van der Waals surface area contributed by atoms with Gasteiger partial charge in [0.05, 0.1) is 19.3 Å². The first-order valence-electron chi connectivity index (χ1n) is 20.0. The lowest BCUT2D eigenvalue weighted by Gasteiger charge is -2.49. The van der Waals surface area contributed by atoms with Crippen molar-refractivity contribution in [1.29, 1.82) is 0 Å². The summed E-state index contributed by atoms with van der Waals surface area (Å²) in [5.41, 5.74) is 0.896. The number of phenolic OH excluding ortho intramolecular Hbond substituents is 1. The van der Waals surface area contributed by atoms with Crippen LogP contribution in [0.3, 0.4) is 0 Å². The molecular formula is C42H57N3O10. The van der Waals surface area contributed by atoms with Crippen LogP contribution in [0, 0.1) is 5.41 Å². The summed E-state index contributed by atoms with van der Waals surface area (Å²) in [6.45, 7) is 5.40. The van der Waals surface area contributed by atoms with E-state index in [-0.39, 0.29) is 31.9 Å². The van der Waals surface area contributed by atoms with E-state index in [2.05, 4.69) is 24.5 Å². The third-order valence-electron chi connectivity index (χ3n) is 11.5. The molecule has 2 bridgehead atoms. The van der Waals surface area contributed by atoms with E-state index in [0.717, 1.165) is 55.2 Å². The van der Waals surface area contributed by atoms with Crippen LogP contribution in [0.5, 0.6) is 5.75 Å². The number of benzene rings is 2. The normalized spacial score (nSPS) is 27.7. The first-order chi connectivity index (χ1) is 26.6. The van der Waals surface area contributed by atoms with E-state index >= 15 is 0 Å². The number of carbonyl (C=O) groups excluding carboxylic acids is 3. The highest BCUT2D eigenvalue weighted by molar-refractivity contribution is 5.96. The van der Waals surface area contributed by atoms with Crippen LogP contribution in [0.1, 0.15) is 95.2 Å². The number of carbonyl (C=O) groups is 3. The van der Waals surface area contributed by atoms with Crippen LogP contribution in [0.15, 0.2) is 54.6 Å². The monoisotopic (exact) mass is 763 g/mol. The summed E-state index contributed by atoms with van der Waals surface area (Å²) in [5, 5.41) is 37.1. The zero-order valence-corrected chi connectivity index (χ0v) is 32.2. The lowest BCUT2D eigenvalue weighted by Crippen LogP contribution is -2.71. The Hall–Kier alpha value is -3.85. The van der Waals surface area contributed by atoms with Gasteiger partial charge in [-0.25, -0.2) is 0 Å². The number of aliphatic hydroxyl groups is 2. The van der Waals surface area contributed by atoms with Gasteiger partial charge in [0.15, 0.2) is 11.8 Å². The molecule has 13 nitrogen and oxygen atoms in total. The Labute approximate surface area is 323 Å². The van der Waals surface area contributed by atoms with Crippen molar-refractivity contribution in [3.63, 3.8) is 0 Å². The lowest BCUT2D eigenvalue weighted by molar-refractivity contribution is -0.224. The number of hydroxylamine groups is 2. The molecule has 0 aromatic heterocycles. The van der Waals surface area contributed by atoms with Crippen molar-refractivity contribution in [2.75, 3.05) is 13.2 Å². The molecule has 4 aliphatic rings. The zero-order valence-electron chi connectivity index (χ0n) is 32.2. The molecule has 1 aliphatic carbocycles. The van der Waals surface area contributed by atoms with Gasteiger partial charge in [0, 0.05) is 25.8 Å². The number of nitrogens with zero attached hydrogens (tertiary/aromatic N) is 1. The van der Waals surface area contributed by atoms with E-state index in [9.17, 15) is 29.7 Å². The summed E-state index contributed by atoms with van der Waals surface area (Å²) in [6, 6.07) is 12.2. The first-order valence-corrected chi connectivity index (χ1v) is 20.0. The molecule has 8 atom stereocenters. The van der Waals surface area contributed by atoms with Crippen LogP contribution >= 0.6 is 0 Å². The van der Waals surface area contributed by atoms with Gasteiger partial charge in [-0.15, -0.1) is 0 Å². The standard InChI is InChI=1S/C42H57N3O10/c1-4-6-12-21-41(22-13-7-5-2)53-34-32-25-42(40(51)44-33(27(3)47)38(49)43-23-24-46)36(39(50)52-32)45(55-37(42)35(34)54-41)26-30-17-9-8-15-28(30)18-14-19-29-16-10-11-20-31(29)48/h8-11,14-18,20,27,32-37,46-48H,4-7,12-13,19,21-26H2,1-3H3,(H,43,49)(H,44,51)/t27-,32+,33+,34-,35-,36-,37+,42-/m0/s1. The van der Waals surface area contributed by atoms with E-state index in [0.29, 0.717) is 19.3 Å². The molecule has 3 heterocycles. The largest absolute Gasteiger partial charge is 0.508 e. The maximum atomic E-state index is 14.9. The molecule has 2 aromatic carbocycles. The smallest absolute Gasteiger partial charge is 0.327 e. The molecule has 0 spiro atoms. The van der Waals surface area contributed by atoms with Crippen LogP contribution in [0.25, 0.3) is 6.08 Å². The molecule has 0 unspecified atom stereocenters. The van der Waals surface area contributed by atoms with Gasteiger partial charge in [0.1, 0.15) is 41.6 Å². The minimum atomic E-state index is -1.56. The van der Waals surface area contributed by atoms with Crippen molar-refractivity contribution >= 4 is 23.9 Å². The molecule has 2 aromatic rings. The van der Waals surface area contributed by atoms with Gasteiger partial charge < -0.3 is 40.2 Å². The number of hydrogen-bond donors (Lipinski definition) is 5. The molecule has 55 heavy (non-hydrogen) atoms. The Morgan fingerprint density at radius 2 is 1.65 bits per heavy atom. The van der Waals surface area contributed by atoms with Gasteiger partial charge in [-0.1, -0.05) is 94.1 Å². The van der Waals surface area contributed by atoms with Gasteiger partial charge in [-0.05, 0) is 48.9 Å². The van der Waals surface area contributed by atoms with E-state index in [1.807, 2.05) is 48.6 Å². The summed E-state index contributed by atoms with van der Waals surface area (Å²) >= 11 is 0. The van der Waals surface area contributed by atoms with E-state index < -0.39 is 71.6 Å². The molecule has 4 fully saturated rings. The number of para-hydroxylation sites is 1. The highest BCUT2D eigenvalue weighted by Gasteiger charge is 2.76. The highest BCUT2D eigenvalue weighted by atomic mass is 16.8. The van der Waals surface area contributed by atoms with Crippen molar-refractivity contribution in [1.82, 2.24) is 15.7 Å². The molecule has 1 saturated carbocycles. The fourth-order valence-electron chi connectivity index (χ4n) is 8.67. The Kier molecular flexibility index (Phi) is 13.3. The van der Waals surface area contributed by atoms with Crippen LogP contribution in [-0.2, 0) is 46.4 Å². The number of amides is 2. The van der Waals surface area contributed by atoms with Gasteiger partial charge in [-0.2, -0.15) is 5.06 Å². The number of ether oxygens (including phenoxy) is 3. The molecule has 5 N–H and O–H groups in total. The van der Waals surface area contributed by atoms with E-state index in [4.69, 9.17) is 19.0 Å². The number of aromatic hydroxyl groups is 1. The molecule has 300 valence electrons. The number of esters is 1. The number of fused-ring (bicyclic) bond motifs is 4. The van der Waals surface area contributed by atoms with Crippen molar-refractivity contribution in [2.24, 2.45) is 5.41 Å². The second kappa shape index (κ2) is 18.0. The third kappa shape index (κ3) is 8.47. The fourth-order valence-corrected chi connectivity index (χ4v) is 8.67. The summed E-state index contributed by atoms with van der Waals surface area (Å²) in [6.07, 6.45) is 7.03. The first kappa shape index (κ1) is 40.8. The molecule has 0 radical (unpaired) electrons. The number of hydrogen-bond acceptors (Lipinski definition) is 11. The van der Waals surface area contributed by atoms with Gasteiger partial charge >= 0.3 is 5.97 Å². The number of phenols is 1. The maximum Gasteiger partial charge on any atom is 0.327 e. The third-order valence-corrected chi connectivity index (χ3v) is 11.5. The van der Waals surface area contributed by atoms with Crippen LogP contribution in [-0.4, -0.2) is 99.7 Å². The zero-order chi connectivity index (χ0) is 39.2. The Bertz CT molecular complexity index is 1670. The average molecular weight is 764 g/mol. The molecule has 3 saturated heterocycles. The summed E-state index contributed by atoms with van der Waals surface area (Å²) in [5.74, 6) is -2.67. The van der Waals surface area contributed by atoms with Crippen molar-refractivity contribution in [3.05, 3.63) is 71.3 Å². The second-order valence-corrected chi connectivity index (χ2v) is 15.4. The molecule has 2 amide bonds. The van der Waals surface area contributed by atoms with Gasteiger partial charge in [0.25, 0.3) is 0 Å². The second-order valence-electron chi connectivity index (χ2n) is 15.4. The van der Waals surface area contributed by atoms with Crippen molar-refractivity contribution in [2.45, 2.75) is 140 Å². The predicted octanol–water partition coefficient (Wildman–Crippen LogP) is 4.06. The highest BCUT2D eigenvalue weighted by Crippen LogP contribution is 2.58. The number of unbranched alkanes of at least 4 members (excludes halogenated alkanes) is 4. The lowest BCUT2D eigenvalue weighted by atomic mass is 9.62. The fraction of sp³-hybridized carbons (Fsp3) is 0.595. The SMILES string of the molecule is CCCCCC1(CCCCC)O[C@@H]2[C@H](O1)[C@H]1ON(Cc3ccccc3C=CCc3ccccc3O)[C@H]3C(=O)O[C@@H]2C[C@@]13C(=O)N[C@@H](C(=O)NCCO)[C@H](C)O. The molecule has 6 rings (SSSR count). The van der Waals surface area contributed by atoms with Crippen LogP contribution < -0.4 is 10.6 Å². The molecule has 3 aliphatic heterocycles. The average Bonchev–Trinajstić information content (AvgIpc) is 3.72. The minimum Gasteiger partial charge on any atom is -0.508 e. The van der Waals surface area contributed by atoms with Crippen LogP contribution in [0.2, 0.25) is 0 Å². The van der Waals surface area contributed by atoms with Gasteiger partial charge in [-0.3, -0.25) is 19.2 Å². The predicted molar refractivity (Wildman–Crippen MR) is 203 cm³/mol. The quantitative estimate of drug-likeness (QED) is 0.103. The van der Waals surface area contributed by atoms with Gasteiger partial charge in [0.2, 0.25) is 11.8 Å². The number of aliphatic hydroxyl groups excluding tert-OH is 2. The van der Waals surface area contributed by atoms with Crippen LogP contribution in [0.4, 0.5) is 0 Å². The summed E-state index contributed by atoms with van der Waals surface area (Å²) in [7, 11) is 0. The van der Waals surface area contributed by atoms with Crippen molar-refractivity contribution < 1.29 is 48.8 Å². The van der Waals surface area contributed by atoms with Crippen molar-refractivity contribution in [3.8, 4) is 5.75 Å². The topological polar surface area (TPSA) is 176 Å². The minimum absolute atomic E-state index is 0.0625. The Morgan fingerprint density at radius 1 is 0.982 bits per heavy atom. The Morgan fingerprint density at radius 3 is 2.33 bits per heavy atom.